The van der Waals surface area contributed by atoms with E-state index in [1.54, 1.807) is 0 Å². The fourth-order valence-corrected chi connectivity index (χ4v) is 3.41. The summed E-state index contributed by atoms with van der Waals surface area (Å²) in [6.45, 7) is 4.22. The fourth-order valence-electron chi connectivity index (χ4n) is 0.864. The van der Waals surface area contributed by atoms with Crippen molar-refractivity contribution in [2.24, 2.45) is 0 Å². The average Bonchev–Trinajstić information content (AvgIpc) is 2.63. The Morgan fingerprint density at radius 3 is 2.53 bits per heavy atom. The molecule has 0 saturated carbocycles. The zero-order valence-electron chi connectivity index (χ0n) is 10.2. The van der Waals surface area contributed by atoms with Crippen LogP contribution in [-0.2, 0) is 10.0 Å². The standard InChI is InChI=1S/C9H16ClN3O2S2/c1-9(2,13(3)4)6-12-17(14,15)7-5-11-8(10)16-7/h5,12H,6H2,1-4H3. The Morgan fingerprint density at radius 2 is 2.12 bits per heavy atom. The highest BCUT2D eigenvalue weighted by molar-refractivity contribution is 7.91. The quantitative estimate of drug-likeness (QED) is 0.893. The van der Waals surface area contributed by atoms with Gasteiger partial charge in [0.1, 0.15) is 0 Å². The van der Waals surface area contributed by atoms with E-state index < -0.39 is 10.0 Å². The van der Waals surface area contributed by atoms with Gasteiger partial charge in [0.25, 0.3) is 10.0 Å². The molecule has 0 bridgehead atoms. The molecule has 0 aliphatic carbocycles. The number of aromatic nitrogens is 1. The number of thiazole rings is 1. The van der Waals surface area contributed by atoms with Gasteiger partial charge in [-0.3, -0.25) is 0 Å². The third-order valence-corrected chi connectivity index (χ3v) is 5.60. The molecule has 1 rings (SSSR count). The van der Waals surface area contributed by atoms with E-state index in [0.717, 1.165) is 11.3 Å². The monoisotopic (exact) mass is 297 g/mol. The SMILES string of the molecule is CN(C)C(C)(C)CNS(=O)(=O)c1cnc(Cl)s1. The lowest BCUT2D eigenvalue weighted by Crippen LogP contribution is -2.48. The zero-order valence-corrected chi connectivity index (χ0v) is 12.6. The molecule has 0 unspecified atom stereocenters. The fraction of sp³-hybridized carbons (Fsp3) is 0.667. The molecule has 8 heteroatoms. The average molecular weight is 298 g/mol. The third-order valence-electron chi connectivity index (χ3n) is 2.63. The Labute approximate surface area is 111 Å². The molecular formula is C9H16ClN3O2S2. The van der Waals surface area contributed by atoms with Crippen LogP contribution in [0, 0.1) is 0 Å². The van der Waals surface area contributed by atoms with Crippen molar-refractivity contribution in [2.45, 2.75) is 23.6 Å². The summed E-state index contributed by atoms with van der Waals surface area (Å²) in [6, 6.07) is 0. The summed E-state index contributed by atoms with van der Waals surface area (Å²) in [7, 11) is 0.290. The molecule has 17 heavy (non-hydrogen) atoms. The number of likely N-dealkylation sites (N-methyl/N-ethyl adjacent to an activating group) is 1. The van der Waals surface area contributed by atoms with E-state index in [2.05, 4.69) is 9.71 Å². The van der Waals surface area contributed by atoms with Gasteiger partial charge in [-0.2, -0.15) is 0 Å². The first-order valence-electron chi connectivity index (χ1n) is 4.93. The van der Waals surface area contributed by atoms with Gasteiger partial charge in [0, 0.05) is 12.1 Å². The number of rotatable bonds is 5. The maximum absolute atomic E-state index is 11.9. The molecule has 0 fully saturated rings. The van der Waals surface area contributed by atoms with E-state index in [0.29, 0.717) is 6.54 Å². The molecule has 0 atom stereocenters. The molecule has 0 amide bonds. The second-order valence-corrected chi connectivity index (χ2v) is 8.07. The molecule has 0 aliphatic rings. The Balaban J connectivity index is 2.76. The molecular weight excluding hydrogens is 282 g/mol. The van der Waals surface area contributed by atoms with E-state index >= 15 is 0 Å². The van der Waals surface area contributed by atoms with Gasteiger partial charge in [-0.1, -0.05) is 22.9 Å². The molecule has 1 N–H and O–H groups in total. The zero-order chi connectivity index (χ0) is 13.3. The molecule has 98 valence electrons. The van der Waals surface area contributed by atoms with Gasteiger partial charge >= 0.3 is 0 Å². The highest BCUT2D eigenvalue weighted by Crippen LogP contribution is 2.22. The summed E-state index contributed by atoms with van der Waals surface area (Å²) < 4.78 is 26.7. The number of hydrogen-bond donors (Lipinski definition) is 1. The summed E-state index contributed by atoms with van der Waals surface area (Å²) in [5.74, 6) is 0. The van der Waals surface area contributed by atoms with Crippen LogP contribution in [0.25, 0.3) is 0 Å². The van der Waals surface area contributed by atoms with Crippen LogP contribution in [0.5, 0.6) is 0 Å². The van der Waals surface area contributed by atoms with Gasteiger partial charge in [-0.15, -0.1) is 0 Å². The van der Waals surface area contributed by atoms with Gasteiger partial charge in [0.2, 0.25) is 0 Å². The van der Waals surface area contributed by atoms with Gasteiger partial charge < -0.3 is 4.90 Å². The molecule has 0 aromatic carbocycles. The number of halogens is 1. The maximum Gasteiger partial charge on any atom is 0.251 e. The molecule has 0 radical (unpaired) electrons. The highest BCUT2D eigenvalue weighted by atomic mass is 35.5. The minimum Gasteiger partial charge on any atom is -0.303 e. The molecule has 1 aromatic rings. The Bertz CT molecular complexity index is 482. The normalized spacial score (nSPS) is 13.3. The summed E-state index contributed by atoms with van der Waals surface area (Å²) in [4.78, 5) is 5.67. The highest BCUT2D eigenvalue weighted by Gasteiger charge is 2.25. The van der Waals surface area contributed by atoms with Crippen molar-refractivity contribution >= 4 is 33.0 Å². The second kappa shape index (κ2) is 5.19. The van der Waals surface area contributed by atoms with Crippen molar-refractivity contribution in [1.29, 1.82) is 0 Å². The van der Waals surface area contributed by atoms with Crippen molar-refractivity contribution in [3.05, 3.63) is 10.7 Å². The number of hydrogen-bond acceptors (Lipinski definition) is 5. The smallest absolute Gasteiger partial charge is 0.251 e. The van der Waals surface area contributed by atoms with Gasteiger partial charge in [-0.25, -0.2) is 18.1 Å². The lowest BCUT2D eigenvalue weighted by molar-refractivity contribution is 0.199. The van der Waals surface area contributed by atoms with Crippen molar-refractivity contribution in [1.82, 2.24) is 14.6 Å². The van der Waals surface area contributed by atoms with Gasteiger partial charge in [-0.05, 0) is 27.9 Å². The molecule has 0 spiro atoms. The first kappa shape index (κ1) is 14.8. The summed E-state index contributed by atoms with van der Waals surface area (Å²) in [6.07, 6.45) is 1.26. The Kier molecular flexibility index (Phi) is 4.54. The van der Waals surface area contributed by atoms with Crippen LogP contribution in [0.15, 0.2) is 10.4 Å². The first-order chi connectivity index (χ1) is 7.65. The van der Waals surface area contributed by atoms with E-state index in [4.69, 9.17) is 11.6 Å². The van der Waals surface area contributed by atoms with Crippen LogP contribution in [-0.4, -0.2) is 44.5 Å². The lowest BCUT2D eigenvalue weighted by Gasteiger charge is -2.32. The van der Waals surface area contributed by atoms with Crippen molar-refractivity contribution in [3.63, 3.8) is 0 Å². The van der Waals surface area contributed by atoms with E-state index in [9.17, 15) is 8.42 Å². The summed E-state index contributed by atoms with van der Waals surface area (Å²) >= 11 is 6.56. The second-order valence-electron chi connectivity index (χ2n) is 4.46. The van der Waals surface area contributed by atoms with Crippen molar-refractivity contribution < 1.29 is 8.42 Å². The summed E-state index contributed by atoms with van der Waals surface area (Å²) in [5, 5.41) is 0. The van der Waals surface area contributed by atoms with Crippen LogP contribution < -0.4 is 4.72 Å². The van der Waals surface area contributed by atoms with Crippen LogP contribution in [0.2, 0.25) is 4.47 Å². The van der Waals surface area contributed by atoms with E-state index in [1.165, 1.54) is 6.20 Å². The van der Waals surface area contributed by atoms with Crippen molar-refractivity contribution in [3.8, 4) is 0 Å². The topological polar surface area (TPSA) is 62.3 Å². The number of nitrogens with zero attached hydrogens (tertiary/aromatic N) is 2. The van der Waals surface area contributed by atoms with Crippen molar-refractivity contribution in [2.75, 3.05) is 20.6 Å². The Hall–Kier alpha value is -0.210. The molecule has 1 aromatic heterocycles. The predicted octanol–water partition coefficient (Wildman–Crippen LogP) is 1.42. The summed E-state index contributed by atoms with van der Waals surface area (Å²) in [5.41, 5.74) is -0.262. The van der Waals surface area contributed by atoms with Crippen LogP contribution in [0.3, 0.4) is 0 Å². The van der Waals surface area contributed by atoms with Crippen LogP contribution in [0.4, 0.5) is 0 Å². The van der Waals surface area contributed by atoms with Crippen LogP contribution in [0.1, 0.15) is 13.8 Å². The molecule has 1 heterocycles. The van der Waals surface area contributed by atoms with Gasteiger partial charge in [0.15, 0.2) is 8.68 Å². The maximum atomic E-state index is 11.9. The lowest BCUT2D eigenvalue weighted by atomic mass is 10.1. The molecule has 0 aliphatic heterocycles. The largest absolute Gasteiger partial charge is 0.303 e. The molecule has 5 nitrogen and oxygen atoms in total. The minimum atomic E-state index is -3.51. The number of nitrogens with one attached hydrogen (secondary N) is 1. The molecule has 0 saturated heterocycles. The van der Waals surface area contributed by atoms with E-state index in [-0.39, 0.29) is 14.2 Å². The predicted molar refractivity (Wildman–Crippen MR) is 70.1 cm³/mol. The number of sulfonamides is 1. The first-order valence-corrected chi connectivity index (χ1v) is 7.61. The Morgan fingerprint density at radius 1 is 1.53 bits per heavy atom. The van der Waals surface area contributed by atoms with Crippen LogP contribution >= 0.6 is 22.9 Å². The van der Waals surface area contributed by atoms with E-state index in [1.807, 2.05) is 32.8 Å². The minimum absolute atomic E-state index is 0.136. The van der Waals surface area contributed by atoms with Gasteiger partial charge in [0.05, 0.1) is 6.20 Å². The third kappa shape index (κ3) is 3.89.